The third-order valence-electron chi connectivity index (χ3n) is 2.30. The molecule has 104 valence electrons. The summed E-state index contributed by atoms with van der Waals surface area (Å²) in [4.78, 5) is 0. The van der Waals surface area contributed by atoms with Crippen molar-refractivity contribution in [2.45, 2.75) is 6.92 Å². The molecule has 0 aliphatic heterocycles. The molecule has 0 aliphatic carbocycles. The highest BCUT2D eigenvalue weighted by atomic mass is 32.1. The van der Waals surface area contributed by atoms with E-state index in [0.717, 1.165) is 17.9 Å². The van der Waals surface area contributed by atoms with Gasteiger partial charge >= 0.3 is 0 Å². The molecule has 0 fully saturated rings. The fourth-order valence-corrected chi connectivity index (χ4v) is 1.58. The first-order chi connectivity index (χ1) is 9.54. The highest BCUT2D eigenvalue weighted by molar-refractivity contribution is 7.80. The zero-order chi connectivity index (χ0) is 14.5. The fraction of sp³-hybridized carbons (Fsp3) is 0.0769. The summed E-state index contributed by atoms with van der Waals surface area (Å²) in [7, 11) is 0. The molecule has 1 aromatic heterocycles. The van der Waals surface area contributed by atoms with Gasteiger partial charge in [-0.1, -0.05) is 0 Å². The Morgan fingerprint density at radius 2 is 2.10 bits per heavy atom. The average Bonchev–Trinajstić information content (AvgIpc) is 2.79. The maximum atomic E-state index is 13.4. The number of hydrogen-bond donors (Lipinski definition) is 2. The third kappa shape index (κ3) is 3.86. The van der Waals surface area contributed by atoms with Gasteiger partial charge < -0.3 is 9.73 Å². The number of anilines is 1. The topological polar surface area (TPSA) is 49.6 Å². The number of hydrazone groups is 1. The molecule has 2 aromatic rings. The van der Waals surface area contributed by atoms with E-state index in [1.807, 2.05) is 6.92 Å². The first-order valence-electron chi connectivity index (χ1n) is 5.66. The van der Waals surface area contributed by atoms with Crippen LogP contribution in [0.25, 0.3) is 0 Å². The number of hydrogen-bond acceptors (Lipinski definition) is 3. The van der Waals surface area contributed by atoms with Crippen molar-refractivity contribution in [2.75, 3.05) is 5.32 Å². The number of furan rings is 1. The lowest BCUT2D eigenvalue weighted by molar-refractivity contribution is 0.527. The quantitative estimate of drug-likeness (QED) is 0.519. The maximum Gasteiger partial charge on any atom is 0.191 e. The molecular weight excluding hydrogens is 284 g/mol. The van der Waals surface area contributed by atoms with Gasteiger partial charge in [0.1, 0.15) is 23.2 Å². The molecule has 0 bridgehead atoms. The molecule has 7 heteroatoms. The van der Waals surface area contributed by atoms with Crippen LogP contribution in [0.2, 0.25) is 0 Å². The Labute approximate surface area is 119 Å². The largest absolute Gasteiger partial charge is 0.460 e. The number of halogens is 2. The molecule has 0 amide bonds. The Kier molecular flexibility index (Phi) is 4.41. The van der Waals surface area contributed by atoms with E-state index in [-0.39, 0.29) is 10.8 Å². The lowest BCUT2D eigenvalue weighted by atomic mass is 10.3. The fourth-order valence-electron chi connectivity index (χ4n) is 1.42. The summed E-state index contributed by atoms with van der Waals surface area (Å²) >= 11 is 4.92. The van der Waals surface area contributed by atoms with E-state index < -0.39 is 11.6 Å². The number of thiocarbonyl (C=S) groups is 1. The van der Waals surface area contributed by atoms with Crippen molar-refractivity contribution in [1.82, 2.24) is 5.43 Å². The van der Waals surface area contributed by atoms with Crippen molar-refractivity contribution in [3.8, 4) is 0 Å². The van der Waals surface area contributed by atoms with Crippen molar-refractivity contribution in [3.63, 3.8) is 0 Å². The second-order valence-corrected chi connectivity index (χ2v) is 4.30. The van der Waals surface area contributed by atoms with Gasteiger partial charge in [0.25, 0.3) is 0 Å². The zero-order valence-corrected chi connectivity index (χ0v) is 11.3. The second-order valence-electron chi connectivity index (χ2n) is 3.90. The normalized spacial score (nSPS) is 10.8. The van der Waals surface area contributed by atoms with E-state index >= 15 is 0 Å². The zero-order valence-electron chi connectivity index (χ0n) is 10.5. The van der Waals surface area contributed by atoms with E-state index in [1.54, 1.807) is 12.1 Å². The molecule has 0 unspecified atom stereocenters. The number of aryl methyl sites for hydroxylation is 1. The van der Waals surface area contributed by atoms with Crippen molar-refractivity contribution in [2.24, 2.45) is 5.10 Å². The lowest BCUT2D eigenvalue weighted by Crippen LogP contribution is -2.24. The minimum atomic E-state index is -0.736. The van der Waals surface area contributed by atoms with E-state index in [1.165, 1.54) is 12.3 Å². The number of rotatable bonds is 3. The maximum absolute atomic E-state index is 13.4. The molecule has 0 atom stereocenters. The third-order valence-corrected chi connectivity index (χ3v) is 2.49. The molecule has 0 saturated carbocycles. The van der Waals surface area contributed by atoms with Crippen LogP contribution in [0.1, 0.15) is 11.5 Å². The first-order valence-corrected chi connectivity index (χ1v) is 6.07. The predicted molar refractivity (Wildman–Crippen MR) is 76.8 cm³/mol. The molecule has 2 rings (SSSR count). The number of nitrogens with one attached hydrogen (secondary N) is 2. The molecule has 0 spiro atoms. The van der Waals surface area contributed by atoms with Crippen molar-refractivity contribution >= 4 is 29.2 Å². The van der Waals surface area contributed by atoms with Crippen LogP contribution in [-0.2, 0) is 0 Å². The van der Waals surface area contributed by atoms with Gasteiger partial charge in [-0.15, -0.1) is 0 Å². The monoisotopic (exact) mass is 295 g/mol. The van der Waals surface area contributed by atoms with E-state index in [2.05, 4.69) is 15.8 Å². The summed E-state index contributed by atoms with van der Waals surface area (Å²) in [5.74, 6) is -0.0655. The lowest BCUT2D eigenvalue weighted by Gasteiger charge is -2.07. The Morgan fingerprint density at radius 3 is 2.75 bits per heavy atom. The van der Waals surface area contributed by atoms with E-state index in [4.69, 9.17) is 16.6 Å². The van der Waals surface area contributed by atoms with Gasteiger partial charge in [-0.05, 0) is 43.4 Å². The first kappa shape index (κ1) is 14.1. The Hall–Kier alpha value is -2.28. The molecule has 20 heavy (non-hydrogen) atoms. The van der Waals surface area contributed by atoms with Crippen LogP contribution in [0.3, 0.4) is 0 Å². The molecule has 1 heterocycles. The van der Waals surface area contributed by atoms with Crippen LogP contribution in [0.15, 0.2) is 39.9 Å². The van der Waals surface area contributed by atoms with Crippen molar-refractivity contribution < 1.29 is 13.2 Å². The summed E-state index contributed by atoms with van der Waals surface area (Å²) in [5.41, 5.74) is 2.56. The van der Waals surface area contributed by atoms with Gasteiger partial charge in [0.05, 0.1) is 11.9 Å². The molecule has 4 nitrogen and oxygen atoms in total. The smallest absolute Gasteiger partial charge is 0.191 e. The van der Waals surface area contributed by atoms with E-state index in [0.29, 0.717) is 5.76 Å². The van der Waals surface area contributed by atoms with Gasteiger partial charge in [-0.3, -0.25) is 5.43 Å². The SMILES string of the molecule is Cc1ccc(/C=N\NC(=S)Nc2ccc(F)cc2F)o1. The summed E-state index contributed by atoms with van der Waals surface area (Å²) in [6.07, 6.45) is 1.43. The summed E-state index contributed by atoms with van der Waals surface area (Å²) in [5, 5.41) is 6.47. The molecule has 1 aromatic carbocycles. The van der Waals surface area contributed by atoms with Gasteiger partial charge in [-0.25, -0.2) is 8.78 Å². The van der Waals surface area contributed by atoms with Crippen molar-refractivity contribution in [1.29, 1.82) is 0 Å². The summed E-state index contributed by atoms with van der Waals surface area (Å²) in [6.45, 7) is 1.81. The predicted octanol–water partition coefficient (Wildman–Crippen LogP) is 3.19. The van der Waals surface area contributed by atoms with Crippen molar-refractivity contribution in [3.05, 3.63) is 53.5 Å². The highest BCUT2D eigenvalue weighted by Gasteiger charge is 2.04. The molecule has 0 radical (unpaired) electrons. The Bertz CT molecular complexity index is 655. The minimum Gasteiger partial charge on any atom is -0.460 e. The van der Waals surface area contributed by atoms with Gasteiger partial charge in [0.2, 0.25) is 0 Å². The molecular formula is C13H11F2N3OS. The van der Waals surface area contributed by atoms with Crippen LogP contribution >= 0.6 is 12.2 Å². The molecule has 0 saturated heterocycles. The van der Waals surface area contributed by atoms with Gasteiger partial charge in [0.15, 0.2) is 5.11 Å². The average molecular weight is 295 g/mol. The van der Waals surface area contributed by atoms with E-state index in [9.17, 15) is 8.78 Å². The Balaban J connectivity index is 1.91. The second kappa shape index (κ2) is 6.25. The standard InChI is InChI=1S/C13H11F2N3OS/c1-8-2-4-10(19-8)7-16-18-13(20)17-12-5-3-9(14)6-11(12)15/h2-7H,1H3,(H2,17,18,20)/b16-7-. The van der Waals surface area contributed by atoms with Crippen LogP contribution in [-0.4, -0.2) is 11.3 Å². The minimum absolute atomic E-state index is 0.0629. The molecule has 0 aliphatic rings. The van der Waals surface area contributed by atoms with Gasteiger partial charge in [-0.2, -0.15) is 5.10 Å². The summed E-state index contributed by atoms with van der Waals surface area (Å²) in [6, 6.07) is 6.68. The highest BCUT2D eigenvalue weighted by Crippen LogP contribution is 2.14. The summed E-state index contributed by atoms with van der Waals surface area (Å²) < 4.78 is 31.3. The molecule has 2 N–H and O–H groups in total. The number of benzene rings is 1. The van der Waals surface area contributed by atoms with Crippen LogP contribution in [0, 0.1) is 18.6 Å². The Morgan fingerprint density at radius 1 is 1.30 bits per heavy atom. The van der Waals surface area contributed by atoms with Crippen LogP contribution in [0.4, 0.5) is 14.5 Å². The van der Waals surface area contributed by atoms with Crippen LogP contribution < -0.4 is 10.7 Å². The number of nitrogens with zero attached hydrogens (tertiary/aromatic N) is 1. The van der Waals surface area contributed by atoms with Crippen LogP contribution in [0.5, 0.6) is 0 Å². The van der Waals surface area contributed by atoms with Gasteiger partial charge in [0, 0.05) is 6.07 Å².